The second-order valence-corrected chi connectivity index (χ2v) is 8.85. The minimum atomic E-state index is -0.208. The standard InChI is InChI=1S/C24H32N2O5S/c1-5-17(2)26(24(28)16-29-3)14-23(27)25-11-9-22-20(10-12-32-22)21(25)15-31-19-8-6-7-18(13-19)30-4/h6-8,10,12-13,17,21H,5,9,11,14-16H2,1-4H3/t17-,21-/m0/s1. The zero-order valence-corrected chi connectivity index (χ0v) is 20.0. The fourth-order valence-corrected chi connectivity index (χ4v) is 4.82. The lowest BCUT2D eigenvalue weighted by atomic mass is 10.00. The molecule has 2 aromatic rings. The van der Waals surface area contributed by atoms with Crippen molar-refractivity contribution in [2.45, 2.75) is 38.8 Å². The van der Waals surface area contributed by atoms with Gasteiger partial charge in [0.25, 0.3) is 0 Å². The van der Waals surface area contributed by atoms with E-state index in [4.69, 9.17) is 14.2 Å². The highest BCUT2D eigenvalue weighted by Gasteiger charge is 2.34. The minimum Gasteiger partial charge on any atom is -0.497 e. The number of fused-ring (bicyclic) bond motifs is 1. The van der Waals surface area contributed by atoms with Crippen LogP contribution in [0.3, 0.4) is 0 Å². The molecule has 0 spiro atoms. The van der Waals surface area contributed by atoms with Crippen molar-refractivity contribution in [2.75, 3.05) is 40.5 Å². The van der Waals surface area contributed by atoms with E-state index in [1.165, 1.54) is 12.0 Å². The van der Waals surface area contributed by atoms with Gasteiger partial charge in [0.15, 0.2) is 0 Å². The van der Waals surface area contributed by atoms with E-state index in [-0.39, 0.29) is 37.0 Å². The van der Waals surface area contributed by atoms with Crippen LogP contribution < -0.4 is 9.47 Å². The van der Waals surface area contributed by atoms with Gasteiger partial charge in [-0.1, -0.05) is 13.0 Å². The van der Waals surface area contributed by atoms with Gasteiger partial charge in [0, 0.05) is 30.6 Å². The van der Waals surface area contributed by atoms with Gasteiger partial charge >= 0.3 is 0 Å². The topological polar surface area (TPSA) is 68.3 Å². The first-order valence-electron chi connectivity index (χ1n) is 10.9. The fourth-order valence-electron chi connectivity index (χ4n) is 3.89. The molecule has 1 aromatic heterocycles. The van der Waals surface area contributed by atoms with Crippen LogP contribution in [0.5, 0.6) is 11.5 Å². The molecular weight excluding hydrogens is 428 g/mol. The quantitative estimate of drug-likeness (QED) is 0.543. The summed E-state index contributed by atoms with van der Waals surface area (Å²) in [6.07, 6.45) is 1.57. The Morgan fingerprint density at radius 3 is 2.75 bits per heavy atom. The van der Waals surface area contributed by atoms with Crippen molar-refractivity contribution in [3.05, 3.63) is 46.2 Å². The van der Waals surface area contributed by atoms with Crippen molar-refractivity contribution in [2.24, 2.45) is 0 Å². The van der Waals surface area contributed by atoms with Gasteiger partial charge in [-0.3, -0.25) is 9.59 Å². The van der Waals surface area contributed by atoms with Crippen molar-refractivity contribution >= 4 is 23.2 Å². The highest BCUT2D eigenvalue weighted by Crippen LogP contribution is 2.34. The van der Waals surface area contributed by atoms with Gasteiger partial charge in [0.2, 0.25) is 11.8 Å². The van der Waals surface area contributed by atoms with Gasteiger partial charge < -0.3 is 24.0 Å². The molecule has 0 fully saturated rings. The molecule has 174 valence electrons. The van der Waals surface area contributed by atoms with Gasteiger partial charge in [-0.15, -0.1) is 11.3 Å². The molecule has 1 aromatic carbocycles. The molecule has 2 heterocycles. The van der Waals surface area contributed by atoms with E-state index in [1.807, 2.05) is 43.0 Å². The Bertz CT molecular complexity index is 915. The van der Waals surface area contributed by atoms with E-state index in [2.05, 4.69) is 11.4 Å². The second kappa shape index (κ2) is 11.3. The Balaban J connectivity index is 1.78. The first kappa shape index (κ1) is 24.1. The van der Waals surface area contributed by atoms with Crippen LogP contribution in [0.25, 0.3) is 0 Å². The number of rotatable bonds is 10. The lowest BCUT2D eigenvalue weighted by molar-refractivity contribution is -0.146. The molecule has 2 atom stereocenters. The molecule has 1 aliphatic rings. The van der Waals surface area contributed by atoms with Crippen LogP contribution >= 0.6 is 11.3 Å². The first-order chi connectivity index (χ1) is 15.5. The van der Waals surface area contributed by atoms with Gasteiger partial charge in [-0.05, 0) is 48.9 Å². The average Bonchev–Trinajstić information content (AvgIpc) is 3.29. The zero-order chi connectivity index (χ0) is 23.1. The Kier molecular flexibility index (Phi) is 8.53. The van der Waals surface area contributed by atoms with Gasteiger partial charge in [-0.2, -0.15) is 0 Å². The van der Waals surface area contributed by atoms with Crippen LogP contribution in [-0.2, 0) is 20.7 Å². The number of amides is 2. The first-order valence-corrected chi connectivity index (χ1v) is 11.8. The van der Waals surface area contributed by atoms with E-state index in [0.29, 0.717) is 18.9 Å². The number of hydrogen-bond donors (Lipinski definition) is 0. The number of nitrogens with zero attached hydrogens (tertiary/aromatic N) is 2. The van der Waals surface area contributed by atoms with Gasteiger partial charge in [0.1, 0.15) is 31.3 Å². The number of benzene rings is 1. The maximum Gasteiger partial charge on any atom is 0.249 e. The number of carbonyl (C=O) groups is 2. The summed E-state index contributed by atoms with van der Waals surface area (Å²) in [7, 11) is 3.11. The Morgan fingerprint density at radius 1 is 1.25 bits per heavy atom. The summed E-state index contributed by atoms with van der Waals surface area (Å²) < 4.78 is 16.4. The van der Waals surface area contributed by atoms with Crippen molar-refractivity contribution in [3.8, 4) is 11.5 Å². The molecule has 2 amide bonds. The maximum absolute atomic E-state index is 13.4. The smallest absolute Gasteiger partial charge is 0.249 e. The molecular formula is C24H32N2O5S. The van der Waals surface area contributed by atoms with Crippen LogP contribution in [-0.4, -0.2) is 68.2 Å². The van der Waals surface area contributed by atoms with Crippen LogP contribution in [0.4, 0.5) is 0 Å². The summed E-state index contributed by atoms with van der Waals surface area (Å²) in [5.74, 6) is 1.16. The monoisotopic (exact) mass is 460 g/mol. The summed E-state index contributed by atoms with van der Waals surface area (Å²) in [6.45, 7) is 4.90. The predicted octanol–water partition coefficient (Wildman–Crippen LogP) is 3.54. The summed E-state index contributed by atoms with van der Waals surface area (Å²) in [6, 6.07) is 9.26. The average molecular weight is 461 g/mol. The molecule has 0 radical (unpaired) electrons. The summed E-state index contributed by atoms with van der Waals surface area (Å²) in [5.41, 5.74) is 1.12. The van der Waals surface area contributed by atoms with Crippen molar-refractivity contribution in [3.63, 3.8) is 0 Å². The van der Waals surface area contributed by atoms with Crippen LogP contribution in [0.1, 0.15) is 36.8 Å². The van der Waals surface area contributed by atoms with Crippen LogP contribution in [0, 0.1) is 0 Å². The molecule has 3 rings (SSSR count). The molecule has 32 heavy (non-hydrogen) atoms. The highest BCUT2D eigenvalue weighted by molar-refractivity contribution is 7.10. The lowest BCUT2D eigenvalue weighted by Gasteiger charge is -2.38. The molecule has 0 bridgehead atoms. The van der Waals surface area contributed by atoms with E-state index < -0.39 is 0 Å². The number of thiophene rings is 1. The molecule has 0 saturated carbocycles. The Morgan fingerprint density at radius 2 is 2.03 bits per heavy atom. The summed E-state index contributed by atoms with van der Waals surface area (Å²) in [5, 5.41) is 2.06. The number of methoxy groups -OCH3 is 2. The maximum atomic E-state index is 13.4. The van der Waals surface area contributed by atoms with Crippen molar-refractivity contribution < 1.29 is 23.8 Å². The minimum absolute atomic E-state index is 0.0331. The molecule has 0 unspecified atom stereocenters. The van der Waals surface area contributed by atoms with Crippen LogP contribution in [0.15, 0.2) is 35.7 Å². The molecule has 0 aliphatic carbocycles. The van der Waals surface area contributed by atoms with E-state index in [9.17, 15) is 9.59 Å². The third-order valence-electron chi connectivity index (χ3n) is 5.88. The van der Waals surface area contributed by atoms with E-state index >= 15 is 0 Å². The molecule has 1 aliphatic heterocycles. The third-order valence-corrected chi connectivity index (χ3v) is 6.88. The Labute approximate surface area is 193 Å². The van der Waals surface area contributed by atoms with E-state index in [1.54, 1.807) is 23.3 Å². The molecule has 0 N–H and O–H groups in total. The third kappa shape index (κ3) is 5.61. The molecule has 0 saturated heterocycles. The summed E-state index contributed by atoms with van der Waals surface area (Å²) in [4.78, 5) is 30.7. The summed E-state index contributed by atoms with van der Waals surface area (Å²) >= 11 is 1.71. The van der Waals surface area contributed by atoms with Gasteiger partial charge in [-0.25, -0.2) is 0 Å². The normalized spacial score (nSPS) is 16.2. The largest absolute Gasteiger partial charge is 0.497 e. The predicted molar refractivity (Wildman–Crippen MR) is 124 cm³/mol. The van der Waals surface area contributed by atoms with Crippen molar-refractivity contribution in [1.82, 2.24) is 9.80 Å². The fraction of sp³-hybridized carbons (Fsp3) is 0.500. The van der Waals surface area contributed by atoms with Crippen molar-refractivity contribution in [1.29, 1.82) is 0 Å². The second-order valence-electron chi connectivity index (χ2n) is 7.85. The molecule has 8 heteroatoms. The van der Waals surface area contributed by atoms with Crippen LogP contribution in [0.2, 0.25) is 0 Å². The lowest BCUT2D eigenvalue weighted by Crippen LogP contribution is -2.50. The number of carbonyl (C=O) groups excluding carboxylic acids is 2. The van der Waals surface area contributed by atoms with Gasteiger partial charge in [0.05, 0.1) is 13.2 Å². The number of hydrogen-bond acceptors (Lipinski definition) is 6. The highest BCUT2D eigenvalue weighted by atomic mass is 32.1. The SMILES string of the molecule is CC[C@H](C)N(CC(=O)N1CCc2sccc2[C@@H]1COc1cccc(OC)c1)C(=O)COC. The Hall–Kier alpha value is -2.58. The number of ether oxygens (including phenoxy) is 3. The molecule has 7 nitrogen and oxygen atoms in total. The van der Waals surface area contributed by atoms with E-state index in [0.717, 1.165) is 24.2 Å². The zero-order valence-electron chi connectivity index (χ0n) is 19.2.